The summed E-state index contributed by atoms with van der Waals surface area (Å²) < 4.78 is 5.34. The summed E-state index contributed by atoms with van der Waals surface area (Å²) in [5.74, 6) is 1.14. The zero-order valence-corrected chi connectivity index (χ0v) is 39.0. The van der Waals surface area contributed by atoms with Crippen LogP contribution in [0.2, 0.25) is 0 Å². The van der Waals surface area contributed by atoms with Gasteiger partial charge in [0.1, 0.15) is 0 Å². The Morgan fingerprint density at radius 3 is 1.29 bits per heavy atom. The number of aromatic nitrogens is 3. The highest BCUT2D eigenvalue weighted by atomic mass is 15.0. The van der Waals surface area contributed by atoms with E-state index in [0.29, 0.717) is 11.8 Å². The minimum absolute atomic E-state index is 0.0700. The first-order valence-electron chi connectivity index (χ1n) is 25.8. The first-order chi connectivity index (χ1) is 34.2. The highest BCUT2D eigenvalue weighted by molar-refractivity contribution is 7.00. The lowest BCUT2D eigenvalue weighted by Gasteiger charge is -2.35. The second-order valence-electron chi connectivity index (χ2n) is 20.7. The smallest absolute Gasteiger partial charge is 0.252 e. The standard InChI is InChI=1S/C65H52BN3/c1-6-17-41(18-7-1)46-29-31-59-51(33-46)53-35-48(43-21-10-3-11-22-43)37-55-64(53)68(59)61-39-50(58-28-16-27-57(67-58)45-25-14-5-15-26-45)40-62-63(61)66(55)56-38-49(44-23-12-4-13-24-44)36-54-52-34-47(42-19-8-2-9-20-42)30-32-60(52)69(62)65(54)56/h1-2,5-9,14-20,25-40,43-44H,3-4,10-13,21-24H2. The van der Waals surface area contributed by atoms with Crippen molar-refractivity contribution in [3.63, 3.8) is 0 Å². The maximum Gasteiger partial charge on any atom is 0.252 e. The molecule has 3 nitrogen and oxygen atoms in total. The van der Waals surface area contributed by atoms with Gasteiger partial charge in [-0.2, -0.15) is 0 Å². The molecule has 5 heterocycles. The zero-order chi connectivity index (χ0) is 45.2. The zero-order valence-electron chi connectivity index (χ0n) is 39.0. The van der Waals surface area contributed by atoms with Crippen molar-refractivity contribution in [1.29, 1.82) is 0 Å². The molecular weight excluding hydrogens is 834 g/mol. The van der Waals surface area contributed by atoms with E-state index in [1.54, 1.807) is 0 Å². The van der Waals surface area contributed by atoms with Crippen LogP contribution in [-0.4, -0.2) is 20.8 Å². The second kappa shape index (κ2) is 15.6. The molecular formula is C65H52BN3. The van der Waals surface area contributed by atoms with E-state index in [2.05, 4.69) is 191 Å². The number of pyridine rings is 1. The van der Waals surface area contributed by atoms with Crippen molar-refractivity contribution in [2.75, 3.05) is 0 Å². The summed E-state index contributed by atoms with van der Waals surface area (Å²) in [7, 11) is 0. The number of hydrogen-bond acceptors (Lipinski definition) is 1. The van der Waals surface area contributed by atoms with Gasteiger partial charge in [-0.25, -0.2) is 4.98 Å². The molecule has 15 rings (SSSR count). The molecule has 2 saturated carbocycles. The maximum absolute atomic E-state index is 5.46. The largest absolute Gasteiger partial charge is 0.310 e. The molecule has 69 heavy (non-hydrogen) atoms. The van der Waals surface area contributed by atoms with E-state index in [9.17, 15) is 0 Å². The van der Waals surface area contributed by atoms with Crippen molar-refractivity contribution in [3.8, 4) is 56.1 Å². The summed E-state index contributed by atoms with van der Waals surface area (Å²) in [6.07, 6.45) is 13.0. The fourth-order valence-corrected chi connectivity index (χ4v) is 13.6. The van der Waals surface area contributed by atoms with E-state index in [-0.39, 0.29) is 6.71 Å². The summed E-state index contributed by atoms with van der Waals surface area (Å²) in [5.41, 5.74) is 24.5. The van der Waals surface area contributed by atoms with Gasteiger partial charge in [0.25, 0.3) is 6.71 Å². The predicted octanol–water partition coefficient (Wildman–Crippen LogP) is 15.2. The molecule has 0 unspecified atom stereocenters. The molecule has 3 aromatic heterocycles. The molecule has 2 aliphatic heterocycles. The summed E-state index contributed by atoms with van der Waals surface area (Å²) in [6, 6.07) is 69.3. The van der Waals surface area contributed by atoms with Gasteiger partial charge in [0.15, 0.2) is 0 Å². The van der Waals surface area contributed by atoms with E-state index < -0.39 is 0 Å². The number of hydrogen-bond donors (Lipinski definition) is 0. The van der Waals surface area contributed by atoms with E-state index in [0.717, 1.165) is 22.5 Å². The fraction of sp³-hybridized carbons (Fsp3) is 0.185. The molecule has 11 aromatic rings. The number of rotatable bonds is 6. The van der Waals surface area contributed by atoms with E-state index in [1.807, 2.05) is 0 Å². The molecule has 0 saturated heterocycles. The van der Waals surface area contributed by atoms with Crippen molar-refractivity contribution < 1.29 is 0 Å². The fourth-order valence-electron chi connectivity index (χ4n) is 13.6. The van der Waals surface area contributed by atoms with Crippen molar-refractivity contribution in [3.05, 3.63) is 193 Å². The topological polar surface area (TPSA) is 22.8 Å². The molecule has 4 aliphatic rings. The summed E-state index contributed by atoms with van der Waals surface area (Å²) in [5, 5.41) is 5.46. The van der Waals surface area contributed by atoms with E-state index >= 15 is 0 Å². The lowest BCUT2D eigenvalue weighted by atomic mass is 9.34. The van der Waals surface area contributed by atoms with Crippen LogP contribution < -0.4 is 16.4 Å². The lowest BCUT2D eigenvalue weighted by Crippen LogP contribution is -2.59. The van der Waals surface area contributed by atoms with E-state index in [4.69, 9.17) is 4.98 Å². The normalized spacial score (nSPS) is 15.7. The Hall–Kier alpha value is -7.43. The molecule has 330 valence electrons. The molecule has 0 spiro atoms. The van der Waals surface area contributed by atoms with Gasteiger partial charge < -0.3 is 9.13 Å². The summed E-state index contributed by atoms with van der Waals surface area (Å²) in [6.45, 7) is 0.0700. The third-order valence-corrected chi connectivity index (χ3v) is 16.8. The molecule has 0 bridgehead atoms. The molecule has 0 N–H and O–H groups in total. The highest BCUT2D eigenvalue weighted by Gasteiger charge is 2.42. The molecule has 8 aromatic carbocycles. The van der Waals surface area contributed by atoms with Crippen molar-refractivity contribution in [1.82, 2.24) is 14.1 Å². The van der Waals surface area contributed by atoms with Gasteiger partial charge >= 0.3 is 0 Å². The van der Waals surface area contributed by atoms with Gasteiger partial charge in [-0.3, -0.25) is 0 Å². The number of nitrogens with zero attached hydrogens (tertiary/aromatic N) is 3. The maximum atomic E-state index is 5.46. The quantitative estimate of drug-likeness (QED) is 0.153. The van der Waals surface area contributed by atoms with Crippen LogP contribution >= 0.6 is 0 Å². The first kappa shape index (κ1) is 39.6. The average Bonchev–Trinajstić information content (AvgIpc) is 3.94. The third kappa shape index (κ3) is 6.10. The minimum atomic E-state index is 0.0700. The second-order valence-corrected chi connectivity index (χ2v) is 20.7. The highest BCUT2D eigenvalue weighted by Crippen LogP contribution is 2.45. The Labute approximate surface area is 404 Å². The Balaban J connectivity index is 1.09. The van der Waals surface area contributed by atoms with E-state index in [1.165, 1.54) is 169 Å². The average molecular weight is 886 g/mol. The minimum Gasteiger partial charge on any atom is -0.310 e. The SMILES string of the molecule is c1ccc(-c2ccc3c(c2)c2cc(C4CCCCC4)cc4c2n3-c2cc(-c3cccc(-c5ccccc5)n3)cc3c2B4c2cc(C4CCCCC4)cc4c5cc(-c6ccccc6)ccc5n-3c24)cc1. The van der Waals surface area contributed by atoms with Gasteiger partial charge in [0.05, 0.1) is 22.4 Å². The van der Waals surface area contributed by atoms with Crippen molar-refractivity contribution in [2.45, 2.75) is 76.0 Å². The van der Waals surface area contributed by atoms with Gasteiger partial charge in [-0.15, -0.1) is 0 Å². The van der Waals surface area contributed by atoms with Crippen LogP contribution in [0, 0.1) is 0 Å². The van der Waals surface area contributed by atoms with Crippen molar-refractivity contribution in [2.24, 2.45) is 0 Å². The molecule has 0 radical (unpaired) electrons. The Kier molecular flexibility index (Phi) is 8.92. The lowest BCUT2D eigenvalue weighted by molar-refractivity contribution is 0.444. The van der Waals surface area contributed by atoms with Gasteiger partial charge in [0, 0.05) is 55.1 Å². The summed E-state index contributed by atoms with van der Waals surface area (Å²) in [4.78, 5) is 5.46. The van der Waals surface area contributed by atoms with Crippen LogP contribution in [0.3, 0.4) is 0 Å². The molecule has 0 atom stereocenters. The molecule has 2 aliphatic carbocycles. The van der Waals surface area contributed by atoms with Crippen LogP contribution in [0.1, 0.15) is 87.2 Å². The van der Waals surface area contributed by atoms with Crippen LogP contribution in [0.15, 0.2) is 182 Å². The molecule has 0 amide bonds. The molecule has 4 heteroatoms. The van der Waals surface area contributed by atoms with Gasteiger partial charge in [-0.1, -0.05) is 160 Å². The Morgan fingerprint density at radius 1 is 0.362 bits per heavy atom. The Bertz CT molecular complexity index is 3640. The van der Waals surface area contributed by atoms with Crippen LogP contribution in [0.25, 0.3) is 99.8 Å². The molecule has 2 fully saturated rings. The third-order valence-electron chi connectivity index (χ3n) is 16.8. The van der Waals surface area contributed by atoms with Crippen LogP contribution in [0.4, 0.5) is 0 Å². The van der Waals surface area contributed by atoms with Crippen LogP contribution in [0.5, 0.6) is 0 Å². The Morgan fingerprint density at radius 2 is 0.812 bits per heavy atom. The summed E-state index contributed by atoms with van der Waals surface area (Å²) >= 11 is 0. The van der Waals surface area contributed by atoms with Crippen LogP contribution in [-0.2, 0) is 0 Å². The van der Waals surface area contributed by atoms with Crippen molar-refractivity contribution >= 4 is 66.7 Å². The number of fused-ring (bicyclic) bond motifs is 10. The number of benzene rings is 8. The first-order valence-corrected chi connectivity index (χ1v) is 25.8. The monoisotopic (exact) mass is 885 g/mol. The predicted molar refractivity (Wildman–Crippen MR) is 291 cm³/mol. The van der Waals surface area contributed by atoms with Gasteiger partial charge in [-0.05, 0) is 148 Å². The van der Waals surface area contributed by atoms with Gasteiger partial charge in [0.2, 0.25) is 0 Å².